The third-order valence-corrected chi connectivity index (χ3v) is 5.82. The van der Waals surface area contributed by atoms with Crippen molar-refractivity contribution in [2.24, 2.45) is 11.1 Å². The summed E-state index contributed by atoms with van der Waals surface area (Å²) in [7, 11) is 0. The van der Waals surface area contributed by atoms with Crippen LogP contribution in [-0.4, -0.2) is 45.5 Å². The lowest BCUT2D eigenvalue weighted by atomic mass is 9.90. The van der Waals surface area contributed by atoms with Gasteiger partial charge in [0.05, 0.1) is 11.4 Å². The number of piperidine rings is 1. The summed E-state index contributed by atoms with van der Waals surface area (Å²) in [6.07, 6.45) is 5.20. The van der Waals surface area contributed by atoms with E-state index in [2.05, 4.69) is 47.5 Å². The SMILES string of the molecule is CCn1cc(C2=NOC(C(=O)N3CCC(Cc4ccccc4)CC3)C2)c(C)n1. The van der Waals surface area contributed by atoms with Gasteiger partial charge in [0, 0.05) is 37.8 Å². The number of oxime groups is 1. The van der Waals surface area contributed by atoms with Gasteiger partial charge in [0.2, 0.25) is 6.10 Å². The Balaban J connectivity index is 1.30. The zero-order valence-electron chi connectivity index (χ0n) is 16.7. The fourth-order valence-corrected chi connectivity index (χ4v) is 4.14. The largest absolute Gasteiger partial charge is 0.382 e. The molecule has 1 amide bonds. The molecule has 2 aliphatic heterocycles. The standard InChI is InChI=1S/C22H28N4O2/c1-3-26-15-19(16(2)23-26)20-14-21(28-24-20)22(27)25-11-9-18(10-12-25)13-17-7-5-4-6-8-17/h4-8,15,18,21H,3,9-14H2,1-2H3. The molecule has 6 heteroatoms. The van der Waals surface area contributed by atoms with Crippen LogP contribution in [0.5, 0.6) is 0 Å². The Kier molecular flexibility index (Phi) is 5.46. The van der Waals surface area contributed by atoms with Crippen molar-refractivity contribution >= 4 is 11.6 Å². The predicted octanol–water partition coefficient (Wildman–Crippen LogP) is 3.19. The van der Waals surface area contributed by atoms with E-state index in [1.54, 1.807) is 0 Å². The van der Waals surface area contributed by atoms with Gasteiger partial charge in [-0.05, 0) is 44.6 Å². The molecule has 1 fully saturated rings. The molecular formula is C22H28N4O2. The van der Waals surface area contributed by atoms with Gasteiger partial charge in [0.15, 0.2) is 0 Å². The molecule has 2 aromatic rings. The van der Waals surface area contributed by atoms with Crippen LogP contribution in [0.15, 0.2) is 41.7 Å². The van der Waals surface area contributed by atoms with Crippen LogP contribution < -0.4 is 0 Å². The molecule has 0 N–H and O–H groups in total. The molecule has 0 radical (unpaired) electrons. The van der Waals surface area contributed by atoms with Crippen LogP contribution in [0, 0.1) is 12.8 Å². The summed E-state index contributed by atoms with van der Waals surface area (Å²) < 4.78 is 1.89. The zero-order valence-corrected chi connectivity index (χ0v) is 16.7. The number of hydrogen-bond donors (Lipinski definition) is 0. The normalized spacial score (nSPS) is 20.1. The first-order valence-electron chi connectivity index (χ1n) is 10.2. The molecule has 1 atom stereocenters. The first kappa shape index (κ1) is 18.7. The number of benzene rings is 1. The fraction of sp³-hybridized carbons (Fsp3) is 0.500. The van der Waals surface area contributed by atoms with Crippen molar-refractivity contribution in [1.29, 1.82) is 0 Å². The molecule has 28 heavy (non-hydrogen) atoms. The average Bonchev–Trinajstić information content (AvgIpc) is 3.35. The number of rotatable bonds is 5. The minimum atomic E-state index is -0.495. The molecule has 0 aliphatic carbocycles. The second-order valence-corrected chi connectivity index (χ2v) is 7.78. The highest BCUT2D eigenvalue weighted by Gasteiger charge is 2.35. The Morgan fingerprint density at radius 3 is 2.64 bits per heavy atom. The number of amides is 1. The topological polar surface area (TPSA) is 59.7 Å². The molecule has 2 aliphatic rings. The van der Waals surface area contributed by atoms with Gasteiger partial charge in [-0.2, -0.15) is 5.10 Å². The maximum absolute atomic E-state index is 12.9. The maximum atomic E-state index is 12.9. The molecule has 0 bridgehead atoms. The van der Waals surface area contributed by atoms with E-state index in [4.69, 9.17) is 4.84 Å². The van der Waals surface area contributed by atoms with Crippen LogP contribution in [0.25, 0.3) is 0 Å². The summed E-state index contributed by atoms with van der Waals surface area (Å²) in [6, 6.07) is 10.6. The summed E-state index contributed by atoms with van der Waals surface area (Å²) in [5.41, 5.74) is 4.12. The van der Waals surface area contributed by atoms with Crippen molar-refractivity contribution in [2.45, 2.75) is 52.2 Å². The number of carbonyl (C=O) groups is 1. The minimum Gasteiger partial charge on any atom is -0.382 e. The molecule has 3 heterocycles. The van der Waals surface area contributed by atoms with Crippen LogP contribution in [0.1, 0.15) is 43.0 Å². The third-order valence-electron chi connectivity index (χ3n) is 5.82. The average molecular weight is 380 g/mol. The van der Waals surface area contributed by atoms with Crippen molar-refractivity contribution in [2.75, 3.05) is 13.1 Å². The molecule has 0 spiro atoms. The molecule has 4 rings (SSSR count). The Morgan fingerprint density at radius 1 is 1.21 bits per heavy atom. The van der Waals surface area contributed by atoms with Gasteiger partial charge < -0.3 is 9.74 Å². The van der Waals surface area contributed by atoms with Crippen molar-refractivity contribution < 1.29 is 9.63 Å². The molecule has 1 aromatic heterocycles. The van der Waals surface area contributed by atoms with Crippen molar-refractivity contribution in [3.63, 3.8) is 0 Å². The van der Waals surface area contributed by atoms with Gasteiger partial charge in [-0.25, -0.2) is 0 Å². The predicted molar refractivity (Wildman–Crippen MR) is 108 cm³/mol. The van der Waals surface area contributed by atoms with E-state index in [1.807, 2.05) is 22.7 Å². The first-order chi connectivity index (χ1) is 13.6. The van der Waals surface area contributed by atoms with E-state index in [9.17, 15) is 4.79 Å². The van der Waals surface area contributed by atoms with Gasteiger partial charge in [0.1, 0.15) is 0 Å². The lowest BCUT2D eigenvalue weighted by molar-refractivity contribution is -0.143. The third kappa shape index (κ3) is 3.96. The molecule has 0 saturated carbocycles. The van der Waals surface area contributed by atoms with Crippen LogP contribution >= 0.6 is 0 Å². The number of nitrogens with zero attached hydrogens (tertiary/aromatic N) is 4. The number of aromatic nitrogens is 2. The number of carbonyl (C=O) groups excluding carboxylic acids is 1. The highest BCUT2D eigenvalue weighted by Crippen LogP contribution is 2.25. The van der Waals surface area contributed by atoms with Crippen molar-refractivity contribution in [1.82, 2.24) is 14.7 Å². The number of aryl methyl sites for hydroxylation is 2. The number of likely N-dealkylation sites (tertiary alicyclic amines) is 1. The van der Waals surface area contributed by atoms with E-state index >= 15 is 0 Å². The Bertz CT molecular complexity index is 851. The molecule has 6 nitrogen and oxygen atoms in total. The summed E-state index contributed by atoms with van der Waals surface area (Å²) >= 11 is 0. The van der Waals surface area contributed by atoms with Gasteiger partial charge >= 0.3 is 0 Å². The Hall–Kier alpha value is -2.63. The van der Waals surface area contributed by atoms with E-state index < -0.39 is 6.10 Å². The first-order valence-corrected chi connectivity index (χ1v) is 10.2. The maximum Gasteiger partial charge on any atom is 0.266 e. The monoisotopic (exact) mass is 380 g/mol. The summed E-state index contributed by atoms with van der Waals surface area (Å²) in [6.45, 7) is 6.44. The van der Waals surface area contributed by atoms with Gasteiger partial charge in [0.25, 0.3) is 5.91 Å². The van der Waals surface area contributed by atoms with Crippen molar-refractivity contribution in [3.05, 3.63) is 53.3 Å². The van der Waals surface area contributed by atoms with E-state index in [0.29, 0.717) is 12.3 Å². The van der Waals surface area contributed by atoms with E-state index in [0.717, 1.165) is 55.9 Å². The van der Waals surface area contributed by atoms with E-state index in [-0.39, 0.29) is 5.91 Å². The molecular weight excluding hydrogens is 352 g/mol. The molecule has 1 unspecified atom stereocenters. The van der Waals surface area contributed by atoms with Crippen molar-refractivity contribution in [3.8, 4) is 0 Å². The van der Waals surface area contributed by atoms with Crippen LogP contribution in [0.4, 0.5) is 0 Å². The molecule has 1 aromatic carbocycles. The van der Waals surface area contributed by atoms with Gasteiger partial charge in [-0.3, -0.25) is 9.48 Å². The quantitative estimate of drug-likeness (QED) is 0.800. The van der Waals surface area contributed by atoms with Crippen LogP contribution in [0.2, 0.25) is 0 Å². The van der Waals surface area contributed by atoms with E-state index in [1.165, 1.54) is 5.56 Å². The second kappa shape index (κ2) is 8.17. The smallest absolute Gasteiger partial charge is 0.266 e. The highest BCUT2D eigenvalue weighted by atomic mass is 16.6. The number of hydrogen-bond acceptors (Lipinski definition) is 4. The lowest BCUT2D eigenvalue weighted by Gasteiger charge is -2.33. The Morgan fingerprint density at radius 2 is 1.96 bits per heavy atom. The summed E-state index contributed by atoms with van der Waals surface area (Å²) in [5, 5.41) is 8.66. The fourth-order valence-electron chi connectivity index (χ4n) is 4.14. The van der Waals surface area contributed by atoms with Crippen LogP contribution in [-0.2, 0) is 22.6 Å². The highest BCUT2D eigenvalue weighted by molar-refractivity contribution is 6.04. The summed E-state index contributed by atoms with van der Waals surface area (Å²) in [4.78, 5) is 20.4. The molecule has 1 saturated heterocycles. The lowest BCUT2D eigenvalue weighted by Crippen LogP contribution is -2.44. The van der Waals surface area contributed by atoms with Gasteiger partial charge in [-0.1, -0.05) is 35.5 Å². The zero-order chi connectivity index (χ0) is 19.5. The minimum absolute atomic E-state index is 0.0671. The Labute approximate surface area is 166 Å². The molecule has 148 valence electrons. The van der Waals surface area contributed by atoms with Crippen LogP contribution in [0.3, 0.4) is 0 Å². The second-order valence-electron chi connectivity index (χ2n) is 7.78. The van der Waals surface area contributed by atoms with Gasteiger partial charge in [-0.15, -0.1) is 0 Å². The summed E-state index contributed by atoms with van der Waals surface area (Å²) in [5.74, 6) is 0.711.